The highest BCUT2D eigenvalue weighted by molar-refractivity contribution is 6.23. The lowest BCUT2D eigenvalue weighted by Gasteiger charge is -2.29. The molecule has 4 aliphatic rings. The minimum absolute atomic E-state index is 0.118. The topological polar surface area (TPSA) is 113 Å². The maximum atomic E-state index is 13.0. The van der Waals surface area contributed by atoms with E-state index in [1.165, 1.54) is 19.3 Å². The molecule has 5 rings (SSSR count). The summed E-state index contributed by atoms with van der Waals surface area (Å²) in [5.74, 6) is -1.18. The summed E-state index contributed by atoms with van der Waals surface area (Å²) >= 11 is 0. The van der Waals surface area contributed by atoms with E-state index in [0.717, 1.165) is 16.9 Å². The minimum Gasteiger partial charge on any atom is -0.329 e. The van der Waals surface area contributed by atoms with Crippen molar-refractivity contribution in [3.63, 3.8) is 0 Å². The lowest BCUT2D eigenvalue weighted by molar-refractivity contribution is -0.136. The zero-order valence-electron chi connectivity index (χ0n) is 16.8. The Balaban J connectivity index is 1.38. The van der Waals surface area contributed by atoms with Gasteiger partial charge in [0.15, 0.2) is 0 Å². The van der Waals surface area contributed by atoms with E-state index >= 15 is 0 Å². The van der Waals surface area contributed by atoms with Crippen LogP contribution < -0.4 is 11.1 Å². The largest absolute Gasteiger partial charge is 0.329 e. The minimum atomic E-state index is -0.932. The second-order valence-corrected chi connectivity index (χ2v) is 8.88. The SMILES string of the molecule is NC[C@@H]1C[C@@H]2CCC[C@@H]2N1Cc1ccc2c(c1)C(=O)N(C1CCC(=O)NC1=O)C2=O. The van der Waals surface area contributed by atoms with Crippen LogP contribution in [-0.2, 0) is 16.1 Å². The Hall–Kier alpha value is -2.58. The summed E-state index contributed by atoms with van der Waals surface area (Å²) in [5.41, 5.74) is 7.67. The fourth-order valence-corrected chi connectivity index (χ4v) is 5.79. The molecular formula is C22H26N4O4. The summed E-state index contributed by atoms with van der Waals surface area (Å²) in [4.78, 5) is 53.0. The molecule has 8 nitrogen and oxygen atoms in total. The van der Waals surface area contributed by atoms with Gasteiger partial charge in [-0.05, 0) is 49.3 Å². The Morgan fingerprint density at radius 1 is 1.03 bits per heavy atom. The first-order valence-electron chi connectivity index (χ1n) is 10.8. The Labute approximate surface area is 174 Å². The van der Waals surface area contributed by atoms with E-state index in [2.05, 4.69) is 10.2 Å². The van der Waals surface area contributed by atoms with Crippen molar-refractivity contribution in [2.24, 2.45) is 11.7 Å². The van der Waals surface area contributed by atoms with Crippen LogP contribution in [-0.4, -0.2) is 58.1 Å². The van der Waals surface area contributed by atoms with Crippen molar-refractivity contribution in [2.75, 3.05) is 6.54 Å². The third-order valence-electron chi connectivity index (χ3n) is 7.23. The van der Waals surface area contributed by atoms with Crippen molar-refractivity contribution in [1.29, 1.82) is 0 Å². The predicted molar refractivity (Wildman–Crippen MR) is 107 cm³/mol. The zero-order chi connectivity index (χ0) is 21.0. The number of amides is 4. The van der Waals surface area contributed by atoms with Crippen LogP contribution in [0.25, 0.3) is 0 Å². The van der Waals surface area contributed by atoms with Gasteiger partial charge in [0.25, 0.3) is 11.8 Å². The van der Waals surface area contributed by atoms with Gasteiger partial charge in [-0.25, -0.2) is 0 Å². The van der Waals surface area contributed by atoms with Crippen molar-refractivity contribution < 1.29 is 19.2 Å². The van der Waals surface area contributed by atoms with Crippen LogP contribution in [0.2, 0.25) is 0 Å². The molecule has 1 aliphatic carbocycles. The van der Waals surface area contributed by atoms with E-state index in [1.54, 1.807) is 12.1 Å². The van der Waals surface area contributed by atoms with Gasteiger partial charge >= 0.3 is 0 Å². The second-order valence-electron chi connectivity index (χ2n) is 8.88. The molecule has 0 radical (unpaired) electrons. The molecule has 2 saturated heterocycles. The Morgan fingerprint density at radius 2 is 1.83 bits per heavy atom. The highest BCUT2D eigenvalue weighted by atomic mass is 16.2. The van der Waals surface area contributed by atoms with Crippen molar-refractivity contribution in [3.8, 4) is 0 Å². The highest BCUT2D eigenvalue weighted by Crippen LogP contribution is 2.42. The average molecular weight is 410 g/mol. The van der Waals surface area contributed by atoms with Crippen LogP contribution in [0.5, 0.6) is 0 Å². The van der Waals surface area contributed by atoms with E-state index in [9.17, 15) is 19.2 Å². The molecule has 3 heterocycles. The lowest BCUT2D eigenvalue weighted by Crippen LogP contribution is -2.54. The normalized spacial score (nSPS) is 31.3. The van der Waals surface area contributed by atoms with Gasteiger partial charge in [0, 0.05) is 31.6 Å². The van der Waals surface area contributed by atoms with E-state index in [4.69, 9.17) is 5.73 Å². The Bertz CT molecular complexity index is 945. The first-order chi connectivity index (χ1) is 14.5. The standard InChI is InChI=1S/C22H26N4O4/c23-10-14-9-13-2-1-3-17(13)25(14)11-12-4-5-15-16(8-12)22(30)26(21(15)29)18-6-7-19(27)24-20(18)28/h4-5,8,13-14,17-18H,1-3,6-7,9-11,23H2,(H,24,27,28)/t13-,14-,17-,18?/m0/s1. The van der Waals surface area contributed by atoms with Gasteiger partial charge in [-0.3, -0.25) is 34.3 Å². The Morgan fingerprint density at radius 3 is 2.60 bits per heavy atom. The third kappa shape index (κ3) is 2.97. The molecule has 4 atom stereocenters. The number of nitrogens with one attached hydrogen (secondary N) is 1. The first kappa shape index (κ1) is 19.4. The van der Waals surface area contributed by atoms with E-state index in [1.807, 2.05) is 6.07 Å². The van der Waals surface area contributed by atoms with Gasteiger partial charge in [0.05, 0.1) is 11.1 Å². The number of hydrogen-bond donors (Lipinski definition) is 2. The molecule has 158 valence electrons. The van der Waals surface area contributed by atoms with Gasteiger partial charge in [-0.1, -0.05) is 12.5 Å². The summed E-state index contributed by atoms with van der Waals surface area (Å²) in [5, 5.41) is 2.22. The number of likely N-dealkylation sites (tertiary alicyclic amines) is 1. The molecule has 1 aromatic carbocycles. The maximum Gasteiger partial charge on any atom is 0.262 e. The fourth-order valence-electron chi connectivity index (χ4n) is 5.79. The van der Waals surface area contributed by atoms with Gasteiger partial charge < -0.3 is 5.73 Å². The molecule has 30 heavy (non-hydrogen) atoms. The van der Waals surface area contributed by atoms with Crippen LogP contribution >= 0.6 is 0 Å². The quantitative estimate of drug-likeness (QED) is 0.710. The number of carbonyl (C=O) groups excluding carboxylic acids is 4. The van der Waals surface area contributed by atoms with E-state index < -0.39 is 23.8 Å². The van der Waals surface area contributed by atoms with Crippen LogP contribution in [0.15, 0.2) is 18.2 Å². The molecule has 8 heteroatoms. The highest BCUT2D eigenvalue weighted by Gasteiger charge is 2.45. The number of nitrogens with zero attached hydrogens (tertiary/aromatic N) is 2. The molecule has 3 aliphatic heterocycles. The van der Waals surface area contributed by atoms with E-state index in [-0.39, 0.29) is 18.7 Å². The third-order valence-corrected chi connectivity index (χ3v) is 7.23. The number of nitrogens with two attached hydrogens (primary N) is 1. The summed E-state index contributed by atoms with van der Waals surface area (Å²) in [6, 6.07) is 5.34. The average Bonchev–Trinajstić information content (AvgIpc) is 3.37. The summed E-state index contributed by atoms with van der Waals surface area (Å²) in [6.45, 7) is 1.33. The van der Waals surface area contributed by atoms with Crippen LogP contribution in [0.4, 0.5) is 0 Å². The first-order valence-corrected chi connectivity index (χ1v) is 10.8. The second kappa shape index (κ2) is 7.28. The van der Waals surface area contributed by atoms with Gasteiger partial charge in [-0.15, -0.1) is 0 Å². The molecule has 3 N–H and O–H groups in total. The number of carbonyl (C=O) groups is 4. The molecule has 1 unspecified atom stereocenters. The Kier molecular flexibility index (Phi) is 4.71. The smallest absolute Gasteiger partial charge is 0.262 e. The van der Waals surface area contributed by atoms with Crippen LogP contribution in [0, 0.1) is 5.92 Å². The molecule has 0 aromatic heterocycles. The van der Waals surface area contributed by atoms with Crippen LogP contribution in [0.1, 0.15) is 64.8 Å². The molecule has 3 fully saturated rings. The van der Waals surface area contributed by atoms with Crippen molar-refractivity contribution >= 4 is 23.6 Å². The van der Waals surface area contributed by atoms with Crippen molar-refractivity contribution in [1.82, 2.24) is 15.1 Å². The van der Waals surface area contributed by atoms with Gasteiger partial charge in [-0.2, -0.15) is 0 Å². The van der Waals surface area contributed by atoms with E-state index in [0.29, 0.717) is 42.2 Å². The van der Waals surface area contributed by atoms with Gasteiger partial charge in [0.2, 0.25) is 11.8 Å². The summed E-state index contributed by atoms with van der Waals surface area (Å²) < 4.78 is 0. The number of piperidine rings is 1. The number of benzene rings is 1. The monoisotopic (exact) mass is 410 g/mol. The maximum absolute atomic E-state index is 13.0. The number of rotatable bonds is 4. The molecule has 0 bridgehead atoms. The van der Waals surface area contributed by atoms with Crippen LogP contribution in [0.3, 0.4) is 0 Å². The summed E-state index contributed by atoms with van der Waals surface area (Å²) in [7, 11) is 0. The lowest BCUT2D eigenvalue weighted by atomic mass is 10.0. The molecule has 4 amide bonds. The number of imide groups is 2. The van der Waals surface area contributed by atoms with Gasteiger partial charge in [0.1, 0.15) is 6.04 Å². The number of hydrogen-bond acceptors (Lipinski definition) is 6. The molecular weight excluding hydrogens is 384 g/mol. The van der Waals surface area contributed by atoms with Crippen molar-refractivity contribution in [2.45, 2.75) is 63.2 Å². The predicted octanol–water partition coefficient (Wildman–Crippen LogP) is 0.789. The number of fused-ring (bicyclic) bond motifs is 2. The molecule has 0 spiro atoms. The zero-order valence-corrected chi connectivity index (χ0v) is 16.8. The summed E-state index contributed by atoms with van der Waals surface area (Å²) in [6.07, 6.45) is 5.11. The fraction of sp³-hybridized carbons (Fsp3) is 0.545. The van der Waals surface area contributed by atoms with Crippen molar-refractivity contribution in [3.05, 3.63) is 34.9 Å². The molecule has 1 saturated carbocycles. The molecule has 1 aromatic rings.